The summed E-state index contributed by atoms with van der Waals surface area (Å²) < 4.78 is 0. The Balaban J connectivity index is 1.62. The normalized spacial score (nSPS) is 21.5. The van der Waals surface area contributed by atoms with E-state index in [1.54, 1.807) is 29.7 Å². The Morgan fingerprint density at radius 3 is 2.73 bits per heavy atom. The second-order valence-corrected chi connectivity index (χ2v) is 7.00. The Hall–Kier alpha value is -1.95. The van der Waals surface area contributed by atoms with E-state index in [1.807, 2.05) is 13.1 Å². The summed E-state index contributed by atoms with van der Waals surface area (Å²) in [4.78, 5) is 21.4. The molecule has 0 aromatic carbocycles. The standard InChI is InChI=1S/C16H20N4OS/c1-10-19-9-14(22-10)11-4-6-12(7-5-11)20-16-13(15(17)21)3-2-8-18-16/h2-3,8-9,11-12H,4-7H2,1H3,(H2,17,21)(H,18,20). The predicted octanol–water partition coefficient (Wildman–Crippen LogP) is 3.08. The molecule has 2 aromatic rings. The zero-order valence-electron chi connectivity index (χ0n) is 12.6. The van der Waals surface area contributed by atoms with Gasteiger partial charge in [-0.25, -0.2) is 9.97 Å². The molecule has 6 heteroatoms. The molecule has 1 aliphatic rings. The Morgan fingerprint density at radius 2 is 2.09 bits per heavy atom. The van der Waals surface area contributed by atoms with Gasteiger partial charge in [0.1, 0.15) is 5.82 Å². The van der Waals surface area contributed by atoms with E-state index in [1.165, 1.54) is 4.88 Å². The lowest BCUT2D eigenvalue weighted by Gasteiger charge is -2.29. The molecule has 2 heterocycles. The summed E-state index contributed by atoms with van der Waals surface area (Å²) in [6.45, 7) is 2.05. The average Bonchev–Trinajstić information content (AvgIpc) is 2.95. The molecule has 22 heavy (non-hydrogen) atoms. The Bertz CT molecular complexity index is 662. The third-order valence-corrected chi connectivity index (χ3v) is 5.26. The van der Waals surface area contributed by atoms with Crippen LogP contribution < -0.4 is 11.1 Å². The highest BCUT2D eigenvalue weighted by atomic mass is 32.1. The Morgan fingerprint density at radius 1 is 1.32 bits per heavy atom. The van der Waals surface area contributed by atoms with Gasteiger partial charge in [0.05, 0.1) is 10.6 Å². The molecule has 0 saturated heterocycles. The van der Waals surface area contributed by atoms with Crippen LogP contribution in [-0.4, -0.2) is 21.9 Å². The van der Waals surface area contributed by atoms with E-state index < -0.39 is 5.91 Å². The van der Waals surface area contributed by atoms with E-state index in [4.69, 9.17) is 5.73 Å². The van der Waals surface area contributed by atoms with E-state index in [0.29, 0.717) is 23.3 Å². The van der Waals surface area contributed by atoms with Gasteiger partial charge < -0.3 is 11.1 Å². The number of carbonyl (C=O) groups excluding carboxylic acids is 1. The van der Waals surface area contributed by atoms with Crippen LogP contribution in [0.2, 0.25) is 0 Å². The van der Waals surface area contributed by atoms with Crippen molar-refractivity contribution in [2.24, 2.45) is 5.73 Å². The van der Waals surface area contributed by atoms with Crippen molar-refractivity contribution >= 4 is 23.1 Å². The van der Waals surface area contributed by atoms with E-state index in [9.17, 15) is 4.79 Å². The number of rotatable bonds is 4. The summed E-state index contributed by atoms with van der Waals surface area (Å²) in [7, 11) is 0. The first-order valence-corrected chi connectivity index (χ1v) is 8.39. The second kappa shape index (κ2) is 6.44. The van der Waals surface area contributed by atoms with Crippen LogP contribution in [0.5, 0.6) is 0 Å². The number of hydrogen-bond acceptors (Lipinski definition) is 5. The molecule has 0 bridgehead atoms. The van der Waals surface area contributed by atoms with Crippen LogP contribution in [0.1, 0.15) is 51.8 Å². The Labute approximate surface area is 134 Å². The minimum Gasteiger partial charge on any atom is -0.367 e. The van der Waals surface area contributed by atoms with Crippen LogP contribution >= 0.6 is 11.3 Å². The highest BCUT2D eigenvalue weighted by Gasteiger charge is 2.24. The number of nitrogens with zero attached hydrogens (tertiary/aromatic N) is 2. The van der Waals surface area contributed by atoms with Crippen molar-refractivity contribution in [3.8, 4) is 0 Å². The SMILES string of the molecule is Cc1ncc(C2CCC(Nc3ncccc3C(N)=O)CC2)s1. The average molecular weight is 316 g/mol. The summed E-state index contributed by atoms with van der Waals surface area (Å²) in [5.41, 5.74) is 5.86. The molecule has 0 spiro atoms. The molecular formula is C16H20N4OS. The third-order valence-electron chi connectivity index (χ3n) is 4.18. The van der Waals surface area contributed by atoms with Crippen LogP contribution in [0.15, 0.2) is 24.5 Å². The van der Waals surface area contributed by atoms with Crippen LogP contribution in [0.3, 0.4) is 0 Å². The number of carbonyl (C=O) groups is 1. The molecule has 1 aliphatic carbocycles. The molecule has 0 radical (unpaired) electrons. The smallest absolute Gasteiger partial charge is 0.252 e. The maximum Gasteiger partial charge on any atom is 0.252 e. The number of anilines is 1. The maximum atomic E-state index is 11.4. The van der Waals surface area contributed by atoms with Gasteiger partial charge in [-0.1, -0.05) is 0 Å². The van der Waals surface area contributed by atoms with Crippen molar-refractivity contribution in [2.45, 2.75) is 44.6 Å². The lowest BCUT2D eigenvalue weighted by atomic mass is 9.85. The van der Waals surface area contributed by atoms with Gasteiger partial charge >= 0.3 is 0 Å². The number of amides is 1. The minimum absolute atomic E-state index is 0.346. The number of pyridine rings is 1. The first-order valence-electron chi connectivity index (χ1n) is 7.57. The maximum absolute atomic E-state index is 11.4. The number of nitrogens with two attached hydrogens (primary N) is 1. The van der Waals surface area contributed by atoms with Crippen LogP contribution in [0.4, 0.5) is 5.82 Å². The van der Waals surface area contributed by atoms with Crippen molar-refractivity contribution in [1.29, 1.82) is 0 Å². The Kier molecular flexibility index (Phi) is 4.38. The molecule has 3 rings (SSSR count). The second-order valence-electron chi connectivity index (χ2n) is 5.74. The number of aromatic nitrogens is 2. The number of aryl methyl sites for hydroxylation is 1. The number of hydrogen-bond donors (Lipinski definition) is 2. The topological polar surface area (TPSA) is 80.9 Å². The van der Waals surface area contributed by atoms with Crippen LogP contribution in [-0.2, 0) is 0 Å². The van der Waals surface area contributed by atoms with Gasteiger partial charge in [-0.05, 0) is 50.7 Å². The number of primary amides is 1. The fraction of sp³-hybridized carbons (Fsp3) is 0.438. The third kappa shape index (κ3) is 3.27. The van der Waals surface area contributed by atoms with Crippen molar-refractivity contribution < 1.29 is 4.79 Å². The lowest BCUT2D eigenvalue weighted by molar-refractivity contribution is 0.100. The molecule has 116 valence electrons. The predicted molar refractivity (Wildman–Crippen MR) is 88.2 cm³/mol. The molecular weight excluding hydrogens is 296 g/mol. The summed E-state index contributed by atoms with van der Waals surface area (Å²) in [5.74, 6) is 0.778. The highest BCUT2D eigenvalue weighted by Crippen LogP contribution is 2.36. The lowest BCUT2D eigenvalue weighted by Crippen LogP contribution is -2.27. The van der Waals surface area contributed by atoms with Gasteiger partial charge in [-0.2, -0.15) is 0 Å². The van der Waals surface area contributed by atoms with Gasteiger partial charge in [0.2, 0.25) is 0 Å². The molecule has 1 fully saturated rings. The summed E-state index contributed by atoms with van der Waals surface area (Å²) >= 11 is 1.80. The fourth-order valence-corrected chi connectivity index (χ4v) is 3.96. The summed E-state index contributed by atoms with van der Waals surface area (Å²) in [6.07, 6.45) is 8.10. The van der Waals surface area contributed by atoms with E-state index in [-0.39, 0.29) is 0 Å². The molecule has 0 atom stereocenters. The molecule has 1 amide bonds. The largest absolute Gasteiger partial charge is 0.367 e. The van der Waals surface area contributed by atoms with E-state index >= 15 is 0 Å². The van der Waals surface area contributed by atoms with Gasteiger partial charge in [-0.3, -0.25) is 4.79 Å². The minimum atomic E-state index is -0.440. The van der Waals surface area contributed by atoms with Crippen LogP contribution in [0, 0.1) is 6.92 Å². The quantitative estimate of drug-likeness (QED) is 0.908. The van der Waals surface area contributed by atoms with Crippen LogP contribution in [0.25, 0.3) is 0 Å². The van der Waals surface area contributed by atoms with Gasteiger partial charge in [0.25, 0.3) is 5.91 Å². The monoisotopic (exact) mass is 316 g/mol. The molecule has 0 aliphatic heterocycles. The molecule has 5 nitrogen and oxygen atoms in total. The summed E-state index contributed by atoms with van der Waals surface area (Å²) in [6, 6.07) is 3.79. The molecule has 2 aromatic heterocycles. The van der Waals surface area contributed by atoms with E-state index in [0.717, 1.165) is 30.7 Å². The first-order chi connectivity index (χ1) is 10.6. The van der Waals surface area contributed by atoms with E-state index in [2.05, 4.69) is 15.3 Å². The van der Waals surface area contributed by atoms with Crippen molar-refractivity contribution in [2.75, 3.05) is 5.32 Å². The van der Waals surface area contributed by atoms with Crippen molar-refractivity contribution in [3.63, 3.8) is 0 Å². The number of thiazole rings is 1. The summed E-state index contributed by atoms with van der Waals surface area (Å²) in [5, 5.41) is 4.52. The van der Waals surface area contributed by atoms with Gasteiger partial charge in [-0.15, -0.1) is 11.3 Å². The van der Waals surface area contributed by atoms with Crippen molar-refractivity contribution in [1.82, 2.24) is 9.97 Å². The van der Waals surface area contributed by atoms with Gasteiger partial charge in [0, 0.05) is 23.3 Å². The molecule has 3 N–H and O–H groups in total. The van der Waals surface area contributed by atoms with Gasteiger partial charge in [0.15, 0.2) is 0 Å². The zero-order chi connectivity index (χ0) is 15.5. The fourth-order valence-electron chi connectivity index (χ4n) is 3.00. The van der Waals surface area contributed by atoms with Crippen molar-refractivity contribution in [3.05, 3.63) is 40.0 Å². The highest BCUT2D eigenvalue weighted by molar-refractivity contribution is 7.11. The number of nitrogens with one attached hydrogen (secondary N) is 1. The zero-order valence-corrected chi connectivity index (χ0v) is 13.4. The first kappa shape index (κ1) is 15.0. The molecule has 0 unspecified atom stereocenters. The molecule has 1 saturated carbocycles.